The highest BCUT2D eigenvalue weighted by molar-refractivity contribution is 6.99. The third-order valence-electron chi connectivity index (χ3n) is 2.25. The highest BCUT2D eigenvalue weighted by atomic mass is 32.1. The van der Waals surface area contributed by atoms with Gasteiger partial charge in [0.15, 0.2) is 5.69 Å². The average molecular weight is 249 g/mol. The normalized spacial score (nSPS) is 12.1. The Hall–Kier alpha value is -1.79. The maximum absolute atomic E-state index is 11.8. The van der Waals surface area contributed by atoms with Crippen LogP contribution in [-0.2, 0) is 0 Å². The molecule has 0 spiro atoms. The summed E-state index contributed by atoms with van der Waals surface area (Å²) in [5.41, 5.74) is 1.53. The molecule has 0 aliphatic rings. The number of hydrogen-bond donors (Lipinski definition) is 2. The van der Waals surface area contributed by atoms with Crippen molar-refractivity contribution in [2.24, 2.45) is 0 Å². The number of carbonyl (C=O) groups is 1. The number of nitrogens with zero attached hydrogens (tertiary/aromatic N) is 2. The second-order valence-electron chi connectivity index (χ2n) is 3.51. The maximum atomic E-state index is 11.8. The van der Waals surface area contributed by atoms with Gasteiger partial charge < -0.3 is 10.4 Å². The zero-order chi connectivity index (χ0) is 12.3. The molecule has 0 saturated carbocycles. The van der Waals surface area contributed by atoms with E-state index in [1.165, 1.54) is 6.20 Å². The largest absolute Gasteiger partial charge is 0.389 e. The average Bonchev–Trinajstić information content (AvgIpc) is 2.83. The molecular weight excluding hydrogens is 238 g/mol. The third kappa shape index (κ3) is 2.66. The van der Waals surface area contributed by atoms with E-state index in [2.05, 4.69) is 14.1 Å². The number of aliphatic hydroxyl groups is 1. The van der Waals surface area contributed by atoms with Gasteiger partial charge in [0, 0.05) is 11.3 Å². The van der Waals surface area contributed by atoms with E-state index < -0.39 is 6.10 Å². The van der Waals surface area contributed by atoms with Gasteiger partial charge in [-0.25, -0.2) is 0 Å². The van der Waals surface area contributed by atoms with Crippen molar-refractivity contribution in [3.05, 3.63) is 41.7 Å². The van der Waals surface area contributed by atoms with Crippen LogP contribution in [0, 0.1) is 0 Å². The van der Waals surface area contributed by atoms with Gasteiger partial charge in [-0.1, -0.05) is 18.2 Å². The predicted molar refractivity (Wildman–Crippen MR) is 64.9 cm³/mol. The van der Waals surface area contributed by atoms with Crippen LogP contribution in [0.2, 0.25) is 0 Å². The van der Waals surface area contributed by atoms with Crippen molar-refractivity contribution in [2.75, 3.05) is 5.32 Å². The fraction of sp³-hybridized carbons (Fsp3) is 0.182. The molecule has 88 valence electrons. The SMILES string of the molecule is CC(O)c1ccccc1NC(=O)c1cnsn1. The molecule has 1 unspecified atom stereocenters. The molecule has 0 bridgehead atoms. The molecular formula is C11H11N3O2S. The molecule has 0 radical (unpaired) electrons. The molecule has 0 fully saturated rings. The summed E-state index contributed by atoms with van der Waals surface area (Å²) in [5.74, 6) is -0.327. The Morgan fingerprint density at radius 2 is 2.24 bits per heavy atom. The van der Waals surface area contributed by atoms with Gasteiger partial charge in [0.2, 0.25) is 0 Å². The van der Waals surface area contributed by atoms with Crippen LogP contribution in [0.3, 0.4) is 0 Å². The molecule has 1 heterocycles. The Morgan fingerprint density at radius 1 is 1.47 bits per heavy atom. The minimum absolute atomic E-state index is 0.274. The van der Waals surface area contributed by atoms with Crippen molar-refractivity contribution >= 4 is 23.3 Å². The topological polar surface area (TPSA) is 75.1 Å². The lowest BCUT2D eigenvalue weighted by atomic mass is 10.1. The van der Waals surface area contributed by atoms with Gasteiger partial charge >= 0.3 is 0 Å². The van der Waals surface area contributed by atoms with E-state index >= 15 is 0 Å². The Morgan fingerprint density at radius 3 is 2.88 bits per heavy atom. The first kappa shape index (κ1) is 11.7. The lowest BCUT2D eigenvalue weighted by molar-refractivity contribution is 0.102. The fourth-order valence-electron chi connectivity index (χ4n) is 1.43. The Labute approximate surface area is 102 Å². The molecule has 1 aromatic carbocycles. The third-order valence-corrected chi connectivity index (χ3v) is 2.73. The minimum atomic E-state index is -0.639. The van der Waals surface area contributed by atoms with Crippen LogP contribution in [0.25, 0.3) is 0 Å². The number of anilines is 1. The zero-order valence-electron chi connectivity index (χ0n) is 9.12. The number of para-hydroxylation sites is 1. The molecule has 2 rings (SSSR count). The van der Waals surface area contributed by atoms with Crippen molar-refractivity contribution in [3.63, 3.8) is 0 Å². The number of nitrogens with one attached hydrogen (secondary N) is 1. The number of hydrogen-bond acceptors (Lipinski definition) is 5. The van der Waals surface area contributed by atoms with Crippen molar-refractivity contribution < 1.29 is 9.90 Å². The molecule has 0 saturated heterocycles. The van der Waals surface area contributed by atoms with E-state index in [4.69, 9.17) is 0 Å². The molecule has 0 aliphatic carbocycles. The van der Waals surface area contributed by atoms with Crippen LogP contribution in [0.4, 0.5) is 5.69 Å². The zero-order valence-corrected chi connectivity index (χ0v) is 9.94. The van der Waals surface area contributed by atoms with E-state index in [1.807, 2.05) is 6.07 Å². The summed E-state index contributed by atoms with van der Waals surface area (Å²) < 4.78 is 7.61. The summed E-state index contributed by atoms with van der Waals surface area (Å²) in [4.78, 5) is 11.8. The van der Waals surface area contributed by atoms with Crippen LogP contribution in [0.1, 0.15) is 29.1 Å². The number of benzene rings is 1. The van der Waals surface area contributed by atoms with Crippen molar-refractivity contribution in [3.8, 4) is 0 Å². The van der Waals surface area contributed by atoms with Gasteiger partial charge in [0.05, 0.1) is 24.0 Å². The van der Waals surface area contributed by atoms with Crippen LogP contribution >= 0.6 is 11.7 Å². The van der Waals surface area contributed by atoms with E-state index in [0.29, 0.717) is 11.3 Å². The van der Waals surface area contributed by atoms with Gasteiger partial charge in [-0.3, -0.25) is 4.79 Å². The van der Waals surface area contributed by atoms with E-state index in [9.17, 15) is 9.90 Å². The summed E-state index contributed by atoms with van der Waals surface area (Å²) in [5, 5.41) is 12.3. The standard InChI is InChI=1S/C11H11N3O2S/c1-7(15)8-4-2-3-5-9(8)13-11(16)10-6-12-17-14-10/h2-7,15H,1H3,(H,13,16). The summed E-state index contributed by atoms with van der Waals surface area (Å²) in [6.45, 7) is 1.65. The first-order valence-corrected chi connectivity index (χ1v) is 5.77. The number of amides is 1. The number of rotatable bonds is 3. The minimum Gasteiger partial charge on any atom is -0.389 e. The molecule has 1 aromatic heterocycles. The highest BCUT2D eigenvalue weighted by Gasteiger charge is 2.13. The molecule has 6 heteroatoms. The summed E-state index contributed by atoms with van der Waals surface area (Å²) >= 11 is 0.979. The second-order valence-corrected chi connectivity index (χ2v) is 4.07. The fourth-order valence-corrected chi connectivity index (χ4v) is 1.84. The van der Waals surface area contributed by atoms with E-state index in [0.717, 1.165) is 11.7 Å². The van der Waals surface area contributed by atoms with Gasteiger partial charge in [-0.2, -0.15) is 8.75 Å². The number of aliphatic hydroxyl groups excluding tert-OH is 1. The Bertz CT molecular complexity index is 511. The van der Waals surface area contributed by atoms with E-state index in [1.54, 1.807) is 25.1 Å². The Kier molecular flexibility index (Phi) is 3.46. The van der Waals surface area contributed by atoms with Crippen LogP contribution in [0.5, 0.6) is 0 Å². The molecule has 1 amide bonds. The van der Waals surface area contributed by atoms with Crippen molar-refractivity contribution in [2.45, 2.75) is 13.0 Å². The lowest BCUT2D eigenvalue weighted by Crippen LogP contribution is -2.14. The first-order valence-electron chi connectivity index (χ1n) is 5.04. The van der Waals surface area contributed by atoms with Gasteiger partial charge in [0.1, 0.15) is 0 Å². The molecule has 2 N–H and O–H groups in total. The molecule has 0 aliphatic heterocycles. The quantitative estimate of drug-likeness (QED) is 0.870. The van der Waals surface area contributed by atoms with Crippen LogP contribution in [-0.4, -0.2) is 19.8 Å². The highest BCUT2D eigenvalue weighted by Crippen LogP contribution is 2.22. The van der Waals surface area contributed by atoms with Gasteiger partial charge in [0.25, 0.3) is 5.91 Å². The van der Waals surface area contributed by atoms with Gasteiger partial charge in [-0.05, 0) is 13.0 Å². The van der Waals surface area contributed by atoms with Gasteiger partial charge in [-0.15, -0.1) is 0 Å². The number of carbonyl (C=O) groups excluding carboxylic acids is 1. The van der Waals surface area contributed by atoms with E-state index in [-0.39, 0.29) is 11.6 Å². The summed E-state index contributed by atoms with van der Waals surface area (Å²) in [7, 11) is 0. The summed E-state index contributed by atoms with van der Waals surface area (Å²) in [6.07, 6.45) is 0.769. The molecule has 17 heavy (non-hydrogen) atoms. The Balaban J connectivity index is 2.22. The van der Waals surface area contributed by atoms with Crippen LogP contribution < -0.4 is 5.32 Å². The predicted octanol–water partition coefficient (Wildman–Crippen LogP) is 1.84. The first-order chi connectivity index (χ1) is 8.18. The molecule has 1 atom stereocenters. The second kappa shape index (κ2) is 5.03. The summed E-state index contributed by atoms with van der Waals surface area (Å²) in [6, 6.07) is 7.10. The van der Waals surface area contributed by atoms with Crippen molar-refractivity contribution in [1.29, 1.82) is 0 Å². The number of aromatic nitrogens is 2. The molecule has 2 aromatic rings. The van der Waals surface area contributed by atoms with Crippen LogP contribution in [0.15, 0.2) is 30.5 Å². The molecule has 5 nitrogen and oxygen atoms in total. The maximum Gasteiger partial charge on any atom is 0.277 e. The lowest BCUT2D eigenvalue weighted by Gasteiger charge is -2.11. The monoisotopic (exact) mass is 249 g/mol. The smallest absolute Gasteiger partial charge is 0.277 e. The van der Waals surface area contributed by atoms with Crippen molar-refractivity contribution in [1.82, 2.24) is 8.75 Å².